The Hall–Kier alpha value is -0.850. The second kappa shape index (κ2) is 11.5. The Kier molecular flexibility index (Phi) is 9.07. The molecule has 3 aliphatic heterocycles. The van der Waals surface area contributed by atoms with Crippen molar-refractivity contribution in [2.75, 3.05) is 73.0 Å². The largest absolute Gasteiger partial charge is 0.356 e. The molecule has 29 heavy (non-hydrogen) atoms. The minimum absolute atomic E-state index is 0.301. The molecule has 0 saturated carbocycles. The number of hydrogen-bond donors (Lipinski definition) is 2. The number of guanidine groups is 1. The summed E-state index contributed by atoms with van der Waals surface area (Å²) < 4.78 is 0. The molecule has 0 aromatic heterocycles. The van der Waals surface area contributed by atoms with Crippen LogP contribution in [0.2, 0.25) is 0 Å². The van der Waals surface area contributed by atoms with Gasteiger partial charge in [0.2, 0.25) is 0 Å². The van der Waals surface area contributed by atoms with Gasteiger partial charge >= 0.3 is 0 Å². The Labute approximate surface area is 179 Å². The standard InChI is InChI=1S/C23H46N6/c1-21-8-16-28(17-9-21)13-7-12-25-22(24-2)26-20-23(10-18-27(3)19-11-23)29-14-5-4-6-15-29/h21H,4-20H2,1-3H3,(H2,24,25,26). The second-order valence-electron chi connectivity index (χ2n) is 9.81. The molecular weight excluding hydrogens is 360 g/mol. The number of nitrogens with one attached hydrogen (secondary N) is 2. The molecule has 3 heterocycles. The van der Waals surface area contributed by atoms with Gasteiger partial charge in [0.15, 0.2) is 5.96 Å². The third kappa shape index (κ3) is 6.83. The van der Waals surface area contributed by atoms with E-state index in [1.807, 2.05) is 7.05 Å². The molecule has 3 fully saturated rings. The first-order valence-corrected chi connectivity index (χ1v) is 12.2. The molecule has 0 spiro atoms. The first-order valence-electron chi connectivity index (χ1n) is 12.2. The van der Waals surface area contributed by atoms with Crippen molar-refractivity contribution < 1.29 is 0 Å². The van der Waals surface area contributed by atoms with Gasteiger partial charge in [-0.3, -0.25) is 9.89 Å². The zero-order chi connectivity index (χ0) is 20.5. The van der Waals surface area contributed by atoms with Crippen molar-refractivity contribution in [3.8, 4) is 0 Å². The Morgan fingerprint density at radius 3 is 2.31 bits per heavy atom. The van der Waals surface area contributed by atoms with Crippen LogP contribution in [0, 0.1) is 5.92 Å². The molecule has 0 aromatic carbocycles. The van der Waals surface area contributed by atoms with Crippen LogP contribution in [0.3, 0.4) is 0 Å². The molecule has 3 aliphatic rings. The Bertz CT molecular complexity index is 486. The van der Waals surface area contributed by atoms with Crippen molar-refractivity contribution in [1.82, 2.24) is 25.3 Å². The highest BCUT2D eigenvalue weighted by atomic mass is 15.3. The lowest BCUT2D eigenvalue weighted by Gasteiger charge is -2.50. The average Bonchev–Trinajstić information content (AvgIpc) is 2.76. The lowest BCUT2D eigenvalue weighted by Crippen LogP contribution is -2.62. The Morgan fingerprint density at radius 2 is 1.66 bits per heavy atom. The summed E-state index contributed by atoms with van der Waals surface area (Å²) >= 11 is 0. The van der Waals surface area contributed by atoms with Gasteiger partial charge in [0.1, 0.15) is 0 Å². The van der Waals surface area contributed by atoms with Crippen LogP contribution < -0.4 is 10.6 Å². The normalized spacial score (nSPS) is 25.8. The maximum absolute atomic E-state index is 4.51. The Balaban J connectivity index is 1.42. The summed E-state index contributed by atoms with van der Waals surface area (Å²) in [6, 6.07) is 0. The number of likely N-dealkylation sites (tertiary alicyclic amines) is 3. The summed E-state index contributed by atoms with van der Waals surface area (Å²) in [5.41, 5.74) is 0.301. The molecule has 3 rings (SSSR count). The van der Waals surface area contributed by atoms with E-state index in [2.05, 4.69) is 44.3 Å². The van der Waals surface area contributed by atoms with E-state index in [1.165, 1.54) is 97.2 Å². The third-order valence-electron chi connectivity index (χ3n) is 7.57. The zero-order valence-corrected chi connectivity index (χ0v) is 19.4. The van der Waals surface area contributed by atoms with Gasteiger partial charge < -0.3 is 20.4 Å². The molecule has 0 radical (unpaired) electrons. The van der Waals surface area contributed by atoms with E-state index in [9.17, 15) is 0 Å². The van der Waals surface area contributed by atoms with Crippen LogP contribution in [0.1, 0.15) is 58.3 Å². The predicted octanol–water partition coefficient (Wildman–Crippen LogP) is 2.22. The number of nitrogens with zero attached hydrogens (tertiary/aromatic N) is 4. The summed E-state index contributed by atoms with van der Waals surface area (Å²) in [7, 11) is 4.17. The van der Waals surface area contributed by atoms with Gasteiger partial charge in [0, 0.05) is 25.7 Å². The fourth-order valence-corrected chi connectivity index (χ4v) is 5.27. The van der Waals surface area contributed by atoms with Gasteiger partial charge in [-0.25, -0.2) is 0 Å². The molecule has 0 aromatic rings. The topological polar surface area (TPSA) is 46.1 Å². The summed E-state index contributed by atoms with van der Waals surface area (Å²) in [5, 5.41) is 7.27. The van der Waals surface area contributed by atoms with E-state index in [1.54, 1.807) is 0 Å². The molecular formula is C23H46N6. The number of rotatable bonds is 7. The highest BCUT2D eigenvalue weighted by Gasteiger charge is 2.39. The second-order valence-corrected chi connectivity index (χ2v) is 9.81. The fourth-order valence-electron chi connectivity index (χ4n) is 5.27. The number of hydrogen-bond acceptors (Lipinski definition) is 4. The first kappa shape index (κ1) is 22.8. The SMILES string of the molecule is CN=C(NCCCN1CCC(C)CC1)NCC1(N2CCCCC2)CCN(C)CC1. The van der Waals surface area contributed by atoms with Crippen molar-refractivity contribution in [1.29, 1.82) is 0 Å². The summed E-state index contributed by atoms with van der Waals surface area (Å²) in [4.78, 5) is 12.4. The maximum atomic E-state index is 4.51. The molecule has 3 saturated heterocycles. The molecule has 0 bridgehead atoms. The van der Waals surface area contributed by atoms with Crippen LogP contribution >= 0.6 is 0 Å². The van der Waals surface area contributed by atoms with Gasteiger partial charge in [-0.1, -0.05) is 13.3 Å². The molecule has 0 aliphatic carbocycles. The van der Waals surface area contributed by atoms with Gasteiger partial charge in [0.05, 0.1) is 0 Å². The van der Waals surface area contributed by atoms with Crippen LogP contribution in [0.15, 0.2) is 4.99 Å². The van der Waals surface area contributed by atoms with Crippen molar-refractivity contribution >= 4 is 5.96 Å². The van der Waals surface area contributed by atoms with Gasteiger partial charge in [-0.15, -0.1) is 0 Å². The highest BCUT2D eigenvalue weighted by molar-refractivity contribution is 5.79. The molecule has 6 nitrogen and oxygen atoms in total. The molecule has 0 unspecified atom stereocenters. The fraction of sp³-hybridized carbons (Fsp3) is 0.957. The molecule has 0 atom stereocenters. The van der Waals surface area contributed by atoms with Gasteiger partial charge in [-0.05, 0) is 104 Å². The van der Waals surface area contributed by atoms with Crippen LogP contribution in [0.25, 0.3) is 0 Å². The van der Waals surface area contributed by atoms with E-state index >= 15 is 0 Å². The van der Waals surface area contributed by atoms with Gasteiger partial charge in [-0.2, -0.15) is 0 Å². The summed E-state index contributed by atoms with van der Waals surface area (Å²) in [6.45, 7) is 13.1. The van der Waals surface area contributed by atoms with E-state index < -0.39 is 0 Å². The van der Waals surface area contributed by atoms with Crippen LogP contribution in [0.4, 0.5) is 0 Å². The number of aliphatic imine (C=N–C) groups is 1. The van der Waals surface area contributed by atoms with Crippen LogP contribution in [-0.2, 0) is 0 Å². The van der Waals surface area contributed by atoms with E-state index in [0.29, 0.717) is 5.54 Å². The predicted molar refractivity (Wildman–Crippen MR) is 124 cm³/mol. The average molecular weight is 407 g/mol. The monoisotopic (exact) mass is 406 g/mol. The lowest BCUT2D eigenvalue weighted by molar-refractivity contribution is 0.0173. The van der Waals surface area contributed by atoms with Crippen molar-refractivity contribution in [2.24, 2.45) is 10.9 Å². The van der Waals surface area contributed by atoms with Crippen molar-refractivity contribution in [3.05, 3.63) is 0 Å². The summed E-state index contributed by atoms with van der Waals surface area (Å²) in [6.07, 6.45) is 10.6. The van der Waals surface area contributed by atoms with E-state index in [-0.39, 0.29) is 0 Å². The highest BCUT2D eigenvalue weighted by Crippen LogP contribution is 2.30. The smallest absolute Gasteiger partial charge is 0.191 e. The molecule has 6 heteroatoms. The van der Waals surface area contributed by atoms with Gasteiger partial charge in [0.25, 0.3) is 0 Å². The van der Waals surface area contributed by atoms with E-state index in [4.69, 9.17) is 0 Å². The maximum Gasteiger partial charge on any atom is 0.191 e. The minimum atomic E-state index is 0.301. The zero-order valence-electron chi connectivity index (χ0n) is 19.4. The van der Waals surface area contributed by atoms with Crippen molar-refractivity contribution in [3.63, 3.8) is 0 Å². The molecule has 2 N–H and O–H groups in total. The van der Waals surface area contributed by atoms with Crippen molar-refractivity contribution in [2.45, 2.75) is 63.8 Å². The first-order chi connectivity index (χ1) is 14.1. The summed E-state index contributed by atoms with van der Waals surface area (Å²) in [5.74, 6) is 1.90. The quantitative estimate of drug-likeness (QED) is 0.386. The molecule has 168 valence electrons. The van der Waals surface area contributed by atoms with Crippen LogP contribution in [0.5, 0.6) is 0 Å². The van der Waals surface area contributed by atoms with Crippen LogP contribution in [-0.4, -0.2) is 99.2 Å². The Morgan fingerprint density at radius 1 is 0.966 bits per heavy atom. The molecule has 0 amide bonds. The number of piperidine rings is 3. The third-order valence-corrected chi connectivity index (χ3v) is 7.57. The minimum Gasteiger partial charge on any atom is -0.356 e. The van der Waals surface area contributed by atoms with E-state index in [0.717, 1.165) is 25.0 Å². The lowest BCUT2D eigenvalue weighted by atomic mass is 9.84.